The summed E-state index contributed by atoms with van der Waals surface area (Å²) >= 11 is 0. The molecule has 1 N–H and O–H groups in total. The van der Waals surface area contributed by atoms with Crippen molar-refractivity contribution in [2.75, 3.05) is 20.8 Å². The highest BCUT2D eigenvalue weighted by Crippen LogP contribution is 2.28. The summed E-state index contributed by atoms with van der Waals surface area (Å²) < 4.78 is 15.9. The highest BCUT2D eigenvalue weighted by Gasteiger charge is 2.18. The van der Waals surface area contributed by atoms with E-state index in [-0.39, 0.29) is 12.4 Å². The smallest absolute Gasteiger partial charge is 0.228 e. The first-order valence-electron chi connectivity index (χ1n) is 7.54. The number of nitrogens with zero attached hydrogens (tertiary/aromatic N) is 2. The van der Waals surface area contributed by atoms with Crippen molar-refractivity contribution >= 4 is 12.4 Å². The molecule has 1 aliphatic heterocycles. The second kappa shape index (κ2) is 8.17. The van der Waals surface area contributed by atoms with Crippen LogP contribution in [0.2, 0.25) is 0 Å². The Morgan fingerprint density at radius 2 is 2.09 bits per heavy atom. The van der Waals surface area contributed by atoms with Gasteiger partial charge in [0.05, 0.1) is 14.2 Å². The molecule has 7 heteroatoms. The van der Waals surface area contributed by atoms with Crippen LogP contribution in [0, 0.1) is 0 Å². The summed E-state index contributed by atoms with van der Waals surface area (Å²) in [5.41, 5.74) is 1.06. The van der Waals surface area contributed by atoms with E-state index >= 15 is 0 Å². The standard InChI is InChI=1S/C16H21N3O3.ClH/c1-20-13-6-5-11(8-14(13)21-2)9-15-18-16(22-19-15)10-12-4-3-7-17-12;/h5-6,8,12,17H,3-4,7,9-10H2,1-2H3;1H. The van der Waals surface area contributed by atoms with Gasteiger partial charge in [0.1, 0.15) is 0 Å². The van der Waals surface area contributed by atoms with Crippen molar-refractivity contribution in [3.63, 3.8) is 0 Å². The summed E-state index contributed by atoms with van der Waals surface area (Å²) in [7, 11) is 3.25. The average Bonchev–Trinajstić information content (AvgIpc) is 3.20. The van der Waals surface area contributed by atoms with Crippen molar-refractivity contribution in [1.29, 1.82) is 0 Å². The van der Waals surface area contributed by atoms with Crippen LogP contribution < -0.4 is 14.8 Å². The molecule has 126 valence electrons. The molecule has 1 aromatic heterocycles. The molecular weight excluding hydrogens is 318 g/mol. The summed E-state index contributed by atoms with van der Waals surface area (Å²) in [5, 5.41) is 7.50. The molecule has 2 aromatic rings. The molecule has 0 radical (unpaired) electrons. The quantitative estimate of drug-likeness (QED) is 0.871. The van der Waals surface area contributed by atoms with E-state index in [1.807, 2.05) is 18.2 Å². The topological polar surface area (TPSA) is 69.4 Å². The highest BCUT2D eigenvalue weighted by atomic mass is 35.5. The molecule has 1 saturated heterocycles. The van der Waals surface area contributed by atoms with Crippen molar-refractivity contribution in [1.82, 2.24) is 15.5 Å². The van der Waals surface area contributed by atoms with Crippen molar-refractivity contribution in [2.24, 2.45) is 0 Å². The third-order valence-corrected chi connectivity index (χ3v) is 3.90. The maximum absolute atomic E-state index is 5.34. The van der Waals surface area contributed by atoms with Gasteiger partial charge in [0.25, 0.3) is 0 Å². The number of nitrogens with one attached hydrogen (secondary N) is 1. The maximum atomic E-state index is 5.34. The van der Waals surface area contributed by atoms with Crippen LogP contribution in [0.1, 0.15) is 30.1 Å². The Morgan fingerprint density at radius 3 is 2.78 bits per heavy atom. The highest BCUT2D eigenvalue weighted by molar-refractivity contribution is 5.85. The number of halogens is 1. The van der Waals surface area contributed by atoms with Gasteiger partial charge in [-0.3, -0.25) is 0 Å². The lowest BCUT2D eigenvalue weighted by molar-refractivity contribution is 0.354. The second-order valence-corrected chi connectivity index (χ2v) is 5.47. The van der Waals surface area contributed by atoms with Crippen LogP contribution in [-0.4, -0.2) is 36.9 Å². The maximum Gasteiger partial charge on any atom is 0.228 e. The largest absolute Gasteiger partial charge is 0.493 e. The number of hydrogen-bond acceptors (Lipinski definition) is 6. The fourth-order valence-corrected chi connectivity index (χ4v) is 2.76. The summed E-state index contributed by atoms with van der Waals surface area (Å²) in [6.45, 7) is 1.08. The van der Waals surface area contributed by atoms with Crippen molar-refractivity contribution in [3.8, 4) is 11.5 Å². The number of rotatable bonds is 6. The van der Waals surface area contributed by atoms with Crippen LogP contribution in [0.25, 0.3) is 0 Å². The molecule has 3 rings (SSSR count). The summed E-state index contributed by atoms with van der Waals surface area (Å²) in [6, 6.07) is 6.27. The minimum Gasteiger partial charge on any atom is -0.493 e. The molecule has 6 nitrogen and oxygen atoms in total. The lowest BCUT2D eigenvalue weighted by Crippen LogP contribution is -2.23. The predicted molar refractivity (Wildman–Crippen MR) is 88.6 cm³/mol. The number of hydrogen-bond donors (Lipinski definition) is 1. The van der Waals surface area contributed by atoms with E-state index in [0.29, 0.717) is 35.7 Å². The molecule has 23 heavy (non-hydrogen) atoms. The lowest BCUT2D eigenvalue weighted by atomic mass is 10.1. The van der Waals surface area contributed by atoms with Gasteiger partial charge in [-0.1, -0.05) is 11.2 Å². The SMILES string of the molecule is COc1ccc(Cc2noc(CC3CCCN3)n2)cc1OC.Cl. The molecule has 1 unspecified atom stereocenters. The van der Waals surface area contributed by atoms with E-state index in [2.05, 4.69) is 15.5 Å². The molecule has 1 aliphatic rings. The van der Waals surface area contributed by atoms with E-state index in [9.17, 15) is 0 Å². The summed E-state index contributed by atoms with van der Waals surface area (Å²) in [5.74, 6) is 2.82. The number of ether oxygens (including phenoxy) is 2. The Balaban J connectivity index is 0.00000192. The lowest BCUT2D eigenvalue weighted by Gasteiger charge is -2.08. The molecular formula is C16H22ClN3O3. The van der Waals surface area contributed by atoms with Gasteiger partial charge in [-0.25, -0.2) is 0 Å². The van der Waals surface area contributed by atoms with Gasteiger partial charge in [0.2, 0.25) is 5.89 Å². The number of methoxy groups -OCH3 is 2. The third-order valence-electron chi connectivity index (χ3n) is 3.90. The van der Waals surface area contributed by atoms with E-state index in [0.717, 1.165) is 18.5 Å². The normalized spacial score (nSPS) is 16.9. The average molecular weight is 340 g/mol. The molecule has 1 atom stereocenters. The van der Waals surface area contributed by atoms with Crippen molar-refractivity contribution in [2.45, 2.75) is 31.7 Å². The van der Waals surface area contributed by atoms with E-state index < -0.39 is 0 Å². The zero-order chi connectivity index (χ0) is 15.4. The summed E-state index contributed by atoms with van der Waals surface area (Å²) in [4.78, 5) is 4.48. The zero-order valence-corrected chi connectivity index (χ0v) is 14.2. The molecule has 0 amide bonds. The monoisotopic (exact) mass is 339 g/mol. The van der Waals surface area contributed by atoms with Crippen LogP contribution in [-0.2, 0) is 12.8 Å². The first kappa shape index (κ1) is 17.6. The predicted octanol–water partition coefficient (Wildman–Crippen LogP) is 2.39. The third kappa shape index (κ3) is 4.36. The van der Waals surface area contributed by atoms with E-state index in [4.69, 9.17) is 14.0 Å². The Morgan fingerprint density at radius 1 is 1.26 bits per heavy atom. The minimum atomic E-state index is 0. The second-order valence-electron chi connectivity index (χ2n) is 5.47. The van der Waals surface area contributed by atoms with Crippen LogP contribution in [0.4, 0.5) is 0 Å². The van der Waals surface area contributed by atoms with Gasteiger partial charge in [-0.2, -0.15) is 4.98 Å². The Labute approximate surface area is 142 Å². The van der Waals surface area contributed by atoms with Gasteiger partial charge in [-0.15, -0.1) is 12.4 Å². The fourth-order valence-electron chi connectivity index (χ4n) is 2.76. The van der Waals surface area contributed by atoms with Crippen LogP contribution in [0.3, 0.4) is 0 Å². The van der Waals surface area contributed by atoms with Gasteiger partial charge in [-0.05, 0) is 37.1 Å². The van der Waals surface area contributed by atoms with Gasteiger partial charge in [0, 0.05) is 18.9 Å². The molecule has 2 heterocycles. The Bertz CT molecular complexity index is 627. The minimum absolute atomic E-state index is 0. The van der Waals surface area contributed by atoms with E-state index in [1.165, 1.54) is 12.8 Å². The number of aromatic nitrogens is 2. The number of benzene rings is 1. The first-order valence-corrected chi connectivity index (χ1v) is 7.54. The zero-order valence-electron chi connectivity index (χ0n) is 13.4. The molecule has 0 spiro atoms. The molecule has 1 fully saturated rings. The molecule has 1 aromatic carbocycles. The van der Waals surface area contributed by atoms with Crippen molar-refractivity contribution in [3.05, 3.63) is 35.5 Å². The fraction of sp³-hybridized carbons (Fsp3) is 0.500. The summed E-state index contributed by atoms with van der Waals surface area (Å²) in [6.07, 6.45) is 3.81. The van der Waals surface area contributed by atoms with Gasteiger partial charge < -0.3 is 19.3 Å². The van der Waals surface area contributed by atoms with Crippen molar-refractivity contribution < 1.29 is 14.0 Å². The van der Waals surface area contributed by atoms with E-state index in [1.54, 1.807) is 14.2 Å². The molecule has 0 aliphatic carbocycles. The molecule has 0 bridgehead atoms. The van der Waals surface area contributed by atoms with Gasteiger partial charge >= 0.3 is 0 Å². The van der Waals surface area contributed by atoms with Crippen LogP contribution >= 0.6 is 12.4 Å². The van der Waals surface area contributed by atoms with Gasteiger partial charge in [0.15, 0.2) is 17.3 Å². The molecule has 0 saturated carbocycles. The Kier molecular flexibility index (Phi) is 6.24. The van der Waals surface area contributed by atoms with Crippen LogP contribution in [0.5, 0.6) is 11.5 Å². The van der Waals surface area contributed by atoms with Crippen LogP contribution in [0.15, 0.2) is 22.7 Å². The Hall–Kier alpha value is -1.79. The first-order chi connectivity index (χ1) is 10.8.